The number of rotatable bonds is 8. The molecular formula is C31H28N4O2. The first-order valence-electron chi connectivity index (χ1n) is 12.3. The second kappa shape index (κ2) is 10.9. The van der Waals surface area contributed by atoms with Crippen molar-refractivity contribution in [2.24, 2.45) is 0 Å². The van der Waals surface area contributed by atoms with Crippen molar-refractivity contribution in [3.8, 4) is 11.1 Å². The van der Waals surface area contributed by atoms with E-state index in [0.29, 0.717) is 5.82 Å². The Hall–Kier alpha value is -4.71. The summed E-state index contributed by atoms with van der Waals surface area (Å²) < 4.78 is 1.88. The predicted molar refractivity (Wildman–Crippen MR) is 147 cm³/mol. The molecule has 0 saturated carbocycles. The zero-order valence-corrected chi connectivity index (χ0v) is 20.7. The van der Waals surface area contributed by atoms with Crippen molar-refractivity contribution >= 4 is 28.5 Å². The van der Waals surface area contributed by atoms with Crippen LogP contribution in [-0.2, 0) is 29.1 Å². The summed E-state index contributed by atoms with van der Waals surface area (Å²) in [5, 5.41) is 2.98. The van der Waals surface area contributed by atoms with Crippen LogP contribution in [-0.4, -0.2) is 28.4 Å². The van der Waals surface area contributed by atoms with Crippen molar-refractivity contribution in [1.29, 1.82) is 0 Å². The van der Waals surface area contributed by atoms with Gasteiger partial charge in [0.05, 0.1) is 24.0 Å². The molecule has 0 aliphatic carbocycles. The number of likely N-dealkylation sites (N-methyl/N-ethyl adjacent to an activating group) is 1. The number of nitrogens with one attached hydrogen (secondary N) is 1. The van der Waals surface area contributed by atoms with Gasteiger partial charge in [-0.05, 0) is 41.0 Å². The summed E-state index contributed by atoms with van der Waals surface area (Å²) in [6.45, 7) is 0.357. The molecule has 1 heterocycles. The van der Waals surface area contributed by atoms with E-state index >= 15 is 0 Å². The molecule has 5 aromatic rings. The maximum absolute atomic E-state index is 13.1. The molecule has 0 saturated heterocycles. The predicted octanol–water partition coefficient (Wildman–Crippen LogP) is 5.23. The quantitative estimate of drug-likeness (QED) is 0.325. The second-order valence-electron chi connectivity index (χ2n) is 8.91. The highest BCUT2D eigenvalue weighted by molar-refractivity contribution is 5.93. The van der Waals surface area contributed by atoms with Crippen LogP contribution in [0.1, 0.15) is 11.4 Å². The number of amides is 2. The minimum absolute atomic E-state index is 0.0690. The first kappa shape index (κ1) is 24.0. The number of anilines is 1. The molecule has 5 rings (SSSR count). The summed E-state index contributed by atoms with van der Waals surface area (Å²) in [6, 6.07) is 35.4. The smallest absolute Gasteiger partial charge is 0.246 e. The Morgan fingerprint density at radius 1 is 0.784 bits per heavy atom. The number of hydrogen-bond acceptors (Lipinski definition) is 3. The van der Waals surface area contributed by atoms with Crippen LogP contribution in [0.2, 0.25) is 0 Å². The Bertz CT molecular complexity index is 1510. The Morgan fingerprint density at radius 2 is 1.41 bits per heavy atom. The molecule has 1 aromatic heterocycles. The third-order valence-electron chi connectivity index (χ3n) is 6.41. The number of fused-ring (bicyclic) bond motifs is 1. The van der Waals surface area contributed by atoms with Gasteiger partial charge in [-0.3, -0.25) is 9.59 Å². The Labute approximate surface area is 216 Å². The molecule has 0 aliphatic rings. The van der Waals surface area contributed by atoms with Crippen LogP contribution in [0.5, 0.6) is 0 Å². The Balaban J connectivity index is 1.27. The fourth-order valence-corrected chi connectivity index (χ4v) is 4.34. The van der Waals surface area contributed by atoms with E-state index in [1.165, 1.54) is 0 Å². The van der Waals surface area contributed by atoms with Crippen LogP contribution in [0.4, 0.5) is 5.69 Å². The SMILES string of the molecule is CN(C(=O)Cn1c(CNC(=O)Cc2ccc(-c3ccccc3)cc2)nc2ccccc21)c1ccccc1. The molecule has 0 fully saturated rings. The molecule has 0 unspecified atom stereocenters. The van der Waals surface area contributed by atoms with Gasteiger partial charge in [0.1, 0.15) is 12.4 Å². The van der Waals surface area contributed by atoms with Crippen molar-refractivity contribution in [2.75, 3.05) is 11.9 Å². The van der Waals surface area contributed by atoms with Crippen molar-refractivity contribution in [3.63, 3.8) is 0 Å². The standard InChI is InChI=1S/C31H28N4O2/c1-34(26-12-6-3-7-13-26)31(37)22-35-28-15-9-8-14-27(28)33-29(35)21-32-30(36)20-23-16-18-25(19-17-23)24-10-4-2-5-11-24/h2-19H,20-22H2,1H3,(H,32,36). The van der Waals surface area contributed by atoms with Crippen LogP contribution in [0.25, 0.3) is 22.2 Å². The first-order chi connectivity index (χ1) is 18.1. The number of benzene rings is 4. The fraction of sp³-hybridized carbons (Fsp3) is 0.129. The molecule has 0 atom stereocenters. The lowest BCUT2D eigenvalue weighted by molar-refractivity contribution is -0.120. The molecule has 0 spiro atoms. The number of hydrogen-bond donors (Lipinski definition) is 1. The minimum atomic E-state index is -0.0983. The maximum Gasteiger partial charge on any atom is 0.246 e. The monoisotopic (exact) mass is 488 g/mol. The van der Waals surface area contributed by atoms with Gasteiger partial charge in [0.25, 0.3) is 0 Å². The highest BCUT2D eigenvalue weighted by atomic mass is 16.2. The molecule has 6 nitrogen and oxygen atoms in total. The molecule has 1 N–H and O–H groups in total. The maximum atomic E-state index is 13.1. The van der Waals surface area contributed by atoms with Crippen LogP contribution >= 0.6 is 0 Å². The van der Waals surface area contributed by atoms with Gasteiger partial charge >= 0.3 is 0 Å². The Kier molecular flexibility index (Phi) is 7.08. The summed E-state index contributed by atoms with van der Waals surface area (Å²) in [4.78, 5) is 32.2. The van der Waals surface area contributed by atoms with Gasteiger partial charge in [0.2, 0.25) is 11.8 Å². The average Bonchev–Trinajstić information content (AvgIpc) is 3.30. The highest BCUT2D eigenvalue weighted by Crippen LogP contribution is 2.20. The van der Waals surface area contributed by atoms with Crippen molar-refractivity contribution in [3.05, 3.63) is 121 Å². The van der Waals surface area contributed by atoms with Gasteiger partial charge in [-0.25, -0.2) is 4.98 Å². The van der Waals surface area contributed by atoms with Crippen molar-refractivity contribution < 1.29 is 9.59 Å². The third-order valence-corrected chi connectivity index (χ3v) is 6.41. The zero-order valence-electron chi connectivity index (χ0n) is 20.7. The zero-order chi connectivity index (χ0) is 25.6. The summed E-state index contributed by atoms with van der Waals surface area (Å²) in [5.74, 6) is 0.475. The lowest BCUT2D eigenvalue weighted by atomic mass is 10.0. The lowest BCUT2D eigenvalue weighted by Crippen LogP contribution is -2.32. The summed E-state index contributed by atoms with van der Waals surface area (Å²) in [6.07, 6.45) is 0.269. The normalized spacial score (nSPS) is 10.8. The van der Waals surface area contributed by atoms with E-state index in [4.69, 9.17) is 4.98 Å². The van der Waals surface area contributed by atoms with E-state index in [-0.39, 0.29) is 31.3 Å². The Morgan fingerprint density at radius 3 is 2.14 bits per heavy atom. The molecule has 4 aromatic carbocycles. The van der Waals surface area contributed by atoms with E-state index in [0.717, 1.165) is 33.4 Å². The third kappa shape index (κ3) is 5.59. The van der Waals surface area contributed by atoms with Crippen LogP contribution in [0.3, 0.4) is 0 Å². The number of carbonyl (C=O) groups is 2. The summed E-state index contributed by atoms with van der Waals surface area (Å²) in [5.41, 5.74) is 5.67. The van der Waals surface area contributed by atoms with E-state index < -0.39 is 0 Å². The topological polar surface area (TPSA) is 67.2 Å². The van der Waals surface area contributed by atoms with Gasteiger partial charge in [0.15, 0.2) is 0 Å². The van der Waals surface area contributed by atoms with E-state index in [2.05, 4.69) is 17.4 Å². The molecule has 0 bridgehead atoms. The van der Waals surface area contributed by atoms with Gasteiger partial charge in [-0.15, -0.1) is 0 Å². The summed E-state index contributed by atoms with van der Waals surface area (Å²) in [7, 11) is 1.77. The molecule has 0 aliphatic heterocycles. The van der Waals surface area contributed by atoms with E-state index in [1.54, 1.807) is 11.9 Å². The van der Waals surface area contributed by atoms with Crippen LogP contribution in [0.15, 0.2) is 109 Å². The largest absolute Gasteiger partial charge is 0.349 e. The number of carbonyl (C=O) groups excluding carboxylic acids is 2. The van der Waals surface area contributed by atoms with Crippen molar-refractivity contribution in [1.82, 2.24) is 14.9 Å². The highest BCUT2D eigenvalue weighted by Gasteiger charge is 2.17. The van der Waals surface area contributed by atoms with Crippen LogP contribution in [0, 0.1) is 0 Å². The molecule has 2 amide bonds. The molecular weight excluding hydrogens is 460 g/mol. The number of nitrogens with zero attached hydrogens (tertiary/aromatic N) is 3. The van der Waals surface area contributed by atoms with Gasteiger partial charge in [0, 0.05) is 12.7 Å². The van der Waals surface area contributed by atoms with Crippen molar-refractivity contribution in [2.45, 2.75) is 19.5 Å². The molecule has 184 valence electrons. The van der Waals surface area contributed by atoms with E-state index in [9.17, 15) is 9.59 Å². The average molecular weight is 489 g/mol. The van der Waals surface area contributed by atoms with Gasteiger partial charge < -0.3 is 14.8 Å². The number of aromatic nitrogens is 2. The minimum Gasteiger partial charge on any atom is -0.349 e. The molecule has 6 heteroatoms. The first-order valence-corrected chi connectivity index (χ1v) is 12.3. The molecule has 37 heavy (non-hydrogen) atoms. The van der Waals surface area contributed by atoms with Gasteiger partial charge in [-0.2, -0.15) is 0 Å². The number of imidazole rings is 1. The van der Waals surface area contributed by atoms with Gasteiger partial charge in [-0.1, -0.05) is 84.9 Å². The lowest BCUT2D eigenvalue weighted by Gasteiger charge is -2.19. The second-order valence-corrected chi connectivity index (χ2v) is 8.91. The summed E-state index contributed by atoms with van der Waals surface area (Å²) >= 11 is 0. The molecule has 0 radical (unpaired) electrons. The van der Waals surface area contributed by atoms with Crippen LogP contribution < -0.4 is 10.2 Å². The number of para-hydroxylation sites is 3. The van der Waals surface area contributed by atoms with E-state index in [1.807, 2.05) is 102 Å². The fourth-order valence-electron chi connectivity index (χ4n) is 4.34.